The second-order valence-corrected chi connectivity index (χ2v) is 6.20. The molecule has 1 heterocycles. The fraction of sp³-hybridized carbons (Fsp3) is 0.529. The lowest BCUT2D eigenvalue weighted by Crippen LogP contribution is -2.48. The van der Waals surface area contributed by atoms with E-state index in [1.807, 2.05) is 32.0 Å². The number of carbonyl (C=O) groups excluding carboxylic acids is 2. The lowest BCUT2D eigenvalue weighted by Gasteiger charge is -2.39. The van der Waals surface area contributed by atoms with Gasteiger partial charge in [0.25, 0.3) is 0 Å². The van der Waals surface area contributed by atoms with E-state index < -0.39 is 5.60 Å². The molecule has 22 heavy (non-hydrogen) atoms. The maximum atomic E-state index is 11.9. The van der Waals surface area contributed by atoms with Gasteiger partial charge in [-0.05, 0) is 44.4 Å². The van der Waals surface area contributed by atoms with E-state index in [-0.39, 0.29) is 11.9 Å². The first-order chi connectivity index (χ1) is 10.3. The van der Waals surface area contributed by atoms with Gasteiger partial charge >= 0.3 is 5.97 Å². The number of carbonyl (C=O) groups is 2. The van der Waals surface area contributed by atoms with Crippen LogP contribution in [0.2, 0.25) is 0 Å². The van der Waals surface area contributed by atoms with E-state index in [9.17, 15) is 9.59 Å². The average molecular weight is 305 g/mol. The van der Waals surface area contributed by atoms with Crippen molar-refractivity contribution in [3.8, 4) is 5.75 Å². The largest absolute Gasteiger partial charge is 0.484 e. The minimum Gasteiger partial charge on any atom is -0.484 e. The molecule has 120 valence electrons. The molecule has 5 nitrogen and oxygen atoms in total. The van der Waals surface area contributed by atoms with Crippen LogP contribution in [0.3, 0.4) is 0 Å². The zero-order valence-corrected chi connectivity index (χ0v) is 13.6. The highest BCUT2D eigenvalue weighted by Gasteiger charge is 2.33. The van der Waals surface area contributed by atoms with Crippen molar-refractivity contribution in [2.45, 2.75) is 45.6 Å². The van der Waals surface area contributed by atoms with Crippen LogP contribution in [0.15, 0.2) is 18.2 Å². The highest BCUT2D eigenvalue weighted by atomic mass is 16.5. The van der Waals surface area contributed by atoms with Gasteiger partial charge < -0.3 is 14.4 Å². The van der Waals surface area contributed by atoms with Gasteiger partial charge in [-0.15, -0.1) is 0 Å². The van der Waals surface area contributed by atoms with Crippen LogP contribution in [0.4, 0.5) is 5.69 Å². The van der Waals surface area contributed by atoms with Gasteiger partial charge in [-0.1, -0.05) is 6.07 Å². The molecular formula is C17H23NO4. The fourth-order valence-electron chi connectivity index (χ4n) is 2.63. The standard InChI is InChI=1S/C17H23NO4/c1-12(19)18-11-17(2,3)22-15-9-8-13(10-14(15)18)6-5-7-16(20)21-4/h8-10H,5-7,11H2,1-4H3. The molecule has 0 aliphatic carbocycles. The quantitative estimate of drug-likeness (QED) is 0.803. The highest BCUT2D eigenvalue weighted by Crippen LogP contribution is 2.37. The third-order valence-electron chi connectivity index (χ3n) is 3.69. The number of methoxy groups -OCH3 is 1. The minimum absolute atomic E-state index is 0.00401. The zero-order chi connectivity index (χ0) is 16.3. The van der Waals surface area contributed by atoms with Crippen LogP contribution in [0.1, 0.15) is 39.2 Å². The maximum Gasteiger partial charge on any atom is 0.305 e. The SMILES string of the molecule is COC(=O)CCCc1ccc2c(c1)N(C(C)=O)CC(C)(C)O2. The number of fused-ring (bicyclic) bond motifs is 1. The number of hydrogen-bond donors (Lipinski definition) is 0. The predicted molar refractivity (Wildman–Crippen MR) is 84.1 cm³/mol. The van der Waals surface area contributed by atoms with E-state index in [2.05, 4.69) is 4.74 Å². The molecule has 1 aromatic carbocycles. The Morgan fingerprint density at radius 3 is 2.73 bits per heavy atom. The number of ether oxygens (including phenoxy) is 2. The number of esters is 1. The maximum absolute atomic E-state index is 11.9. The molecule has 2 rings (SSSR count). The van der Waals surface area contributed by atoms with E-state index in [1.165, 1.54) is 7.11 Å². The number of aryl methyl sites for hydroxylation is 1. The van der Waals surface area contributed by atoms with E-state index >= 15 is 0 Å². The average Bonchev–Trinajstić information content (AvgIpc) is 2.45. The van der Waals surface area contributed by atoms with Crippen molar-refractivity contribution in [1.29, 1.82) is 0 Å². The van der Waals surface area contributed by atoms with Crippen molar-refractivity contribution >= 4 is 17.6 Å². The predicted octanol–water partition coefficient (Wildman–Crippen LogP) is 2.71. The number of hydrogen-bond acceptors (Lipinski definition) is 4. The molecule has 0 unspecified atom stereocenters. The van der Waals surface area contributed by atoms with Crippen molar-refractivity contribution in [3.05, 3.63) is 23.8 Å². The lowest BCUT2D eigenvalue weighted by molar-refractivity contribution is -0.140. The Bertz CT molecular complexity index is 580. The highest BCUT2D eigenvalue weighted by molar-refractivity contribution is 5.94. The summed E-state index contributed by atoms with van der Waals surface area (Å²) in [6, 6.07) is 5.86. The summed E-state index contributed by atoms with van der Waals surface area (Å²) in [6.07, 6.45) is 1.88. The summed E-state index contributed by atoms with van der Waals surface area (Å²) < 4.78 is 10.6. The third-order valence-corrected chi connectivity index (χ3v) is 3.69. The number of amides is 1. The summed E-state index contributed by atoms with van der Waals surface area (Å²) in [5.74, 6) is 0.529. The van der Waals surface area contributed by atoms with Crippen LogP contribution in [0.5, 0.6) is 5.75 Å². The summed E-state index contributed by atoms with van der Waals surface area (Å²) in [7, 11) is 1.39. The Balaban J connectivity index is 2.17. The van der Waals surface area contributed by atoms with Gasteiger partial charge in [0, 0.05) is 13.3 Å². The van der Waals surface area contributed by atoms with Crippen molar-refractivity contribution in [2.24, 2.45) is 0 Å². The van der Waals surface area contributed by atoms with Crippen molar-refractivity contribution in [1.82, 2.24) is 0 Å². The second-order valence-electron chi connectivity index (χ2n) is 6.20. The molecule has 0 N–H and O–H groups in total. The molecule has 0 saturated heterocycles. The third kappa shape index (κ3) is 3.78. The molecular weight excluding hydrogens is 282 g/mol. The number of benzene rings is 1. The van der Waals surface area contributed by atoms with Gasteiger partial charge in [-0.3, -0.25) is 9.59 Å². The Hall–Kier alpha value is -2.04. The first kappa shape index (κ1) is 16.3. The molecule has 0 spiro atoms. The molecule has 1 aliphatic rings. The van der Waals surface area contributed by atoms with E-state index in [4.69, 9.17) is 4.74 Å². The van der Waals surface area contributed by atoms with Gasteiger partial charge in [0.2, 0.25) is 5.91 Å². The number of rotatable bonds is 4. The smallest absolute Gasteiger partial charge is 0.305 e. The van der Waals surface area contributed by atoms with Crippen molar-refractivity contribution in [2.75, 3.05) is 18.6 Å². The molecule has 5 heteroatoms. The summed E-state index contributed by atoms with van der Waals surface area (Å²) in [4.78, 5) is 24.8. The topological polar surface area (TPSA) is 55.8 Å². The molecule has 1 aliphatic heterocycles. The first-order valence-corrected chi connectivity index (χ1v) is 7.49. The van der Waals surface area contributed by atoms with Crippen LogP contribution in [-0.2, 0) is 20.7 Å². The second kappa shape index (κ2) is 6.38. The summed E-state index contributed by atoms with van der Waals surface area (Å²) in [6.45, 7) is 6.03. The minimum atomic E-state index is -0.398. The Morgan fingerprint density at radius 1 is 1.36 bits per heavy atom. The van der Waals surface area contributed by atoms with Gasteiger partial charge in [-0.2, -0.15) is 0 Å². The molecule has 0 radical (unpaired) electrons. The van der Waals surface area contributed by atoms with Crippen LogP contribution in [-0.4, -0.2) is 31.1 Å². The first-order valence-electron chi connectivity index (χ1n) is 7.49. The summed E-state index contributed by atoms with van der Waals surface area (Å²) in [5, 5.41) is 0. The molecule has 0 saturated carbocycles. The van der Waals surface area contributed by atoms with Crippen LogP contribution < -0.4 is 9.64 Å². The normalized spacial score (nSPS) is 15.7. The Labute approximate surface area is 131 Å². The summed E-state index contributed by atoms with van der Waals surface area (Å²) in [5.41, 5.74) is 1.49. The van der Waals surface area contributed by atoms with Crippen molar-refractivity contribution < 1.29 is 19.1 Å². The zero-order valence-electron chi connectivity index (χ0n) is 13.6. The number of anilines is 1. The van der Waals surface area contributed by atoms with Gasteiger partial charge in [0.15, 0.2) is 0 Å². The van der Waals surface area contributed by atoms with Gasteiger partial charge in [0.1, 0.15) is 11.4 Å². The van der Waals surface area contributed by atoms with Crippen LogP contribution in [0.25, 0.3) is 0 Å². The van der Waals surface area contributed by atoms with Crippen LogP contribution in [0, 0.1) is 0 Å². The number of nitrogens with zero attached hydrogens (tertiary/aromatic N) is 1. The summed E-state index contributed by atoms with van der Waals surface area (Å²) >= 11 is 0. The molecule has 0 aromatic heterocycles. The molecule has 0 bridgehead atoms. The van der Waals surface area contributed by atoms with E-state index in [0.717, 1.165) is 29.8 Å². The Morgan fingerprint density at radius 2 is 2.09 bits per heavy atom. The molecule has 1 aromatic rings. The molecule has 0 atom stereocenters. The Kier molecular flexibility index (Phi) is 4.74. The van der Waals surface area contributed by atoms with E-state index in [0.29, 0.717) is 13.0 Å². The molecule has 1 amide bonds. The monoisotopic (exact) mass is 305 g/mol. The fourth-order valence-corrected chi connectivity index (χ4v) is 2.63. The molecule has 0 fully saturated rings. The van der Waals surface area contributed by atoms with E-state index in [1.54, 1.807) is 11.8 Å². The lowest BCUT2D eigenvalue weighted by atomic mass is 10.0. The van der Waals surface area contributed by atoms with Gasteiger partial charge in [0.05, 0.1) is 19.3 Å². The van der Waals surface area contributed by atoms with Gasteiger partial charge in [-0.25, -0.2) is 0 Å². The van der Waals surface area contributed by atoms with Crippen molar-refractivity contribution in [3.63, 3.8) is 0 Å². The van der Waals surface area contributed by atoms with Crippen LogP contribution >= 0.6 is 0 Å².